The SMILES string of the molecule is COC(=O)C1CN(C(=O)c2cc(Br)ccc2Cl)CCO1. The number of morpholine rings is 1. The third-order valence-electron chi connectivity index (χ3n) is 2.98. The number of carbonyl (C=O) groups is 2. The number of nitrogens with zero attached hydrogens (tertiary/aromatic N) is 1. The molecule has 1 aromatic rings. The van der Waals surface area contributed by atoms with Gasteiger partial charge in [-0.2, -0.15) is 0 Å². The van der Waals surface area contributed by atoms with E-state index >= 15 is 0 Å². The maximum absolute atomic E-state index is 12.4. The summed E-state index contributed by atoms with van der Waals surface area (Å²) in [6, 6.07) is 5.07. The van der Waals surface area contributed by atoms with Gasteiger partial charge in [-0.1, -0.05) is 27.5 Å². The van der Waals surface area contributed by atoms with Gasteiger partial charge in [-0.3, -0.25) is 4.79 Å². The normalized spacial score (nSPS) is 18.8. The highest BCUT2D eigenvalue weighted by Gasteiger charge is 2.31. The van der Waals surface area contributed by atoms with Crippen LogP contribution in [0.25, 0.3) is 0 Å². The number of halogens is 2. The van der Waals surface area contributed by atoms with Crippen LogP contribution in [0.2, 0.25) is 5.02 Å². The molecule has 1 fully saturated rings. The molecule has 1 saturated heterocycles. The molecule has 2 rings (SSSR count). The van der Waals surface area contributed by atoms with Crippen LogP contribution in [0.1, 0.15) is 10.4 Å². The molecule has 0 bridgehead atoms. The number of benzene rings is 1. The summed E-state index contributed by atoms with van der Waals surface area (Å²) < 4.78 is 10.7. The smallest absolute Gasteiger partial charge is 0.336 e. The molecule has 0 N–H and O–H groups in total. The number of amides is 1. The van der Waals surface area contributed by atoms with Gasteiger partial charge in [0.1, 0.15) is 0 Å². The van der Waals surface area contributed by atoms with Crippen molar-refractivity contribution in [3.8, 4) is 0 Å². The number of esters is 1. The van der Waals surface area contributed by atoms with Crippen molar-refractivity contribution in [1.29, 1.82) is 0 Å². The second-order valence-electron chi connectivity index (χ2n) is 4.26. The fourth-order valence-corrected chi connectivity index (χ4v) is 2.50. The Hall–Kier alpha value is -1.11. The van der Waals surface area contributed by atoms with Crippen LogP contribution in [0.15, 0.2) is 22.7 Å². The van der Waals surface area contributed by atoms with E-state index in [0.29, 0.717) is 17.1 Å². The van der Waals surface area contributed by atoms with E-state index in [4.69, 9.17) is 16.3 Å². The second kappa shape index (κ2) is 6.56. The van der Waals surface area contributed by atoms with Crippen LogP contribution < -0.4 is 0 Å². The van der Waals surface area contributed by atoms with Crippen LogP contribution in [-0.2, 0) is 14.3 Å². The zero-order chi connectivity index (χ0) is 14.7. The monoisotopic (exact) mass is 361 g/mol. The first-order valence-electron chi connectivity index (χ1n) is 5.96. The third kappa shape index (κ3) is 3.31. The summed E-state index contributed by atoms with van der Waals surface area (Å²) in [6.45, 7) is 0.862. The number of carbonyl (C=O) groups excluding carboxylic acids is 2. The number of methoxy groups -OCH3 is 1. The van der Waals surface area contributed by atoms with Crippen molar-refractivity contribution < 1.29 is 19.1 Å². The lowest BCUT2D eigenvalue weighted by molar-refractivity contribution is -0.158. The summed E-state index contributed by atoms with van der Waals surface area (Å²) in [5.41, 5.74) is 0.395. The molecule has 1 heterocycles. The van der Waals surface area contributed by atoms with Crippen LogP contribution >= 0.6 is 27.5 Å². The van der Waals surface area contributed by atoms with Crippen molar-refractivity contribution in [2.45, 2.75) is 6.10 Å². The van der Waals surface area contributed by atoms with Crippen LogP contribution in [-0.4, -0.2) is 49.7 Å². The molecular formula is C13H13BrClNO4. The van der Waals surface area contributed by atoms with Gasteiger partial charge in [-0.15, -0.1) is 0 Å². The Morgan fingerprint density at radius 3 is 2.95 bits per heavy atom. The summed E-state index contributed by atoms with van der Waals surface area (Å²) >= 11 is 9.35. The number of hydrogen-bond donors (Lipinski definition) is 0. The Morgan fingerprint density at radius 1 is 1.50 bits per heavy atom. The fourth-order valence-electron chi connectivity index (χ4n) is 1.94. The van der Waals surface area contributed by atoms with Crippen LogP contribution in [0, 0.1) is 0 Å². The van der Waals surface area contributed by atoms with E-state index in [1.165, 1.54) is 7.11 Å². The Labute approximate surface area is 129 Å². The Balaban J connectivity index is 2.16. The molecule has 20 heavy (non-hydrogen) atoms. The average Bonchev–Trinajstić information content (AvgIpc) is 2.48. The van der Waals surface area contributed by atoms with Gasteiger partial charge in [-0.05, 0) is 18.2 Å². The summed E-state index contributed by atoms with van der Waals surface area (Å²) in [4.78, 5) is 25.5. The largest absolute Gasteiger partial charge is 0.467 e. The highest BCUT2D eigenvalue weighted by molar-refractivity contribution is 9.10. The van der Waals surface area contributed by atoms with Crippen LogP contribution in [0.4, 0.5) is 0 Å². The topological polar surface area (TPSA) is 55.8 Å². The van der Waals surface area contributed by atoms with Crippen molar-refractivity contribution >= 4 is 39.4 Å². The first-order chi connectivity index (χ1) is 9.52. The van der Waals surface area contributed by atoms with Gasteiger partial charge in [0.2, 0.25) is 0 Å². The minimum atomic E-state index is -0.747. The lowest BCUT2D eigenvalue weighted by Crippen LogP contribution is -2.49. The molecule has 1 aliphatic heterocycles. The number of hydrogen-bond acceptors (Lipinski definition) is 4. The van der Waals surface area contributed by atoms with Crippen molar-refractivity contribution in [1.82, 2.24) is 4.90 Å². The van der Waals surface area contributed by atoms with Crippen molar-refractivity contribution in [2.24, 2.45) is 0 Å². The predicted molar refractivity (Wildman–Crippen MR) is 76.8 cm³/mol. The highest BCUT2D eigenvalue weighted by atomic mass is 79.9. The molecule has 1 atom stereocenters. The molecule has 7 heteroatoms. The van der Waals surface area contributed by atoms with E-state index in [1.54, 1.807) is 23.1 Å². The molecular weight excluding hydrogens is 350 g/mol. The minimum absolute atomic E-state index is 0.161. The zero-order valence-corrected chi connectivity index (χ0v) is 13.1. The third-order valence-corrected chi connectivity index (χ3v) is 3.80. The molecule has 0 aromatic heterocycles. The lowest BCUT2D eigenvalue weighted by Gasteiger charge is -2.31. The Morgan fingerprint density at radius 2 is 2.25 bits per heavy atom. The quantitative estimate of drug-likeness (QED) is 0.756. The molecule has 0 spiro atoms. The van der Waals surface area contributed by atoms with Gasteiger partial charge in [-0.25, -0.2) is 4.79 Å². The maximum Gasteiger partial charge on any atom is 0.336 e. The van der Waals surface area contributed by atoms with E-state index in [-0.39, 0.29) is 19.1 Å². The van der Waals surface area contributed by atoms with E-state index in [0.717, 1.165) is 4.47 Å². The van der Waals surface area contributed by atoms with Gasteiger partial charge < -0.3 is 14.4 Å². The van der Waals surface area contributed by atoms with Gasteiger partial charge >= 0.3 is 5.97 Å². The Bertz CT molecular complexity index is 537. The zero-order valence-electron chi connectivity index (χ0n) is 10.8. The first-order valence-corrected chi connectivity index (χ1v) is 7.13. The predicted octanol–water partition coefficient (Wildman–Crippen LogP) is 2.12. The van der Waals surface area contributed by atoms with Gasteiger partial charge in [0.25, 0.3) is 5.91 Å². The Kier molecular flexibility index (Phi) is 5.01. The van der Waals surface area contributed by atoms with E-state index in [1.807, 2.05) is 0 Å². The van der Waals surface area contributed by atoms with Gasteiger partial charge in [0, 0.05) is 11.0 Å². The van der Waals surface area contributed by atoms with E-state index in [2.05, 4.69) is 20.7 Å². The van der Waals surface area contributed by atoms with Gasteiger partial charge in [0.15, 0.2) is 6.10 Å². The number of ether oxygens (including phenoxy) is 2. The summed E-state index contributed by atoms with van der Waals surface area (Å²) in [5.74, 6) is -0.712. The van der Waals surface area contributed by atoms with E-state index < -0.39 is 12.1 Å². The molecule has 5 nitrogen and oxygen atoms in total. The molecule has 1 aliphatic rings. The summed E-state index contributed by atoms with van der Waals surface area (Å²) in [6.07, 6.45) is -0.747. The summed E-state index contributed by atoms with van der Waals surface area (Å²) in [5, 5.41) is 0.374. The molecule has 108 valence electrons. The molecule has 0 radical (unpaired) electrons. The molecule has 1 amide bonds. The number of rotatable bonds is 2. The fraction of sp³-hybridized carbons (Fsp3) is 0.385. The summed E-state index contributed by atoms with van der Waals surface area (Å²) in [7, 11) is 1.29. The first kappa shape index (κ1) is 15.3. The van der Waals surface area contributed by atoms with Crippen molar-refractivity contribution in [2.75, 3.05) is 26.8 Å². The average molecular weight is 363 g/mol. The lowest BCUT2D eigenvalue weighted by atomic mass is 10.1. The van der Waals surface area contributed by atoms with E-state index in [9.17, 15) is 9.59 Å². The molecule has 1 aromatic carbocycles. The molecule has 1 unspecified atom stereocenters. The van der Waals surface area contributed by atoms with Crippen molar-refractivity contribution in [3.05, 3.63) is 33.3 Å². The van der Waals surface area contributed by atoms with Crippen molar-refractivity contribution in [3.63, 3.8) is 0 Å². The molecule has 0 aliphatic carbocycles. The second-order valence-corrected chi connectivity index (χ2v) is 5.58. The maximum atomic E-state index is 12.4. The highest BCUT2D eigenvalue weighted by Crippen LogP contribution is 2.23. The van der Waals surface area contributed by atoms with Crippen LogP contribution in [0.5, 0.6) is 0 Å². The standard InChI is InChI=1S/C13H13BrClNO4/c1-19-13(18)11-7-16(4-5-20-11)12(17)9-6-8(14)2-3-10(9)15/h2-3,6,11H,4-5,7H2,1H3. The van der Waals surface area contributed by atoms with Crippen LogP contribution in [0.3, 0.4) is 0 Å². The minimum Gasteiger partial charge on any atom is -0.467 e. The molecule has 0 saturated carbocycles. The van der Waals surface area contributed by atoms with Gasteiger partial charge in [0.05, 0.1) is 30.8 Å².